The quantitative estimate of drug-likeness (QED) is 0.113. The van der Waals surface area contributed by atoms with Gasteiger partial charge in [0.05, 0.1) is 22.8 Å². The first-order valence-electron chi connectivity index (χ1n) is 23.2. The maximum Gasteiger partial charge on any atom is 0.327 e. The van der Waals surface area contributed by atoms with Gasteiger partial charge >= 0.3 is 12.1 Å². The van der Waals surface area contributed by atoms with Crippen molar-refractivity contribution < 1.29 is 34.6 Å². The van der Waals surface area contributed by atoms with Crippen molar-refractivity contribution in [3.05, 3.63) is 69.8 Å². The van der Waals surface area contributed by atoms with Crippen LogP contribution in [0.15, 0.2) is 41.6 Å². The Morgan fingerprint density at radius 3 is 1.58 bits per heavy atom. The lowest BCUT2D eigenvalue weighted by Gasteiger charge is -2.66. The molecular weight excluding hydrogens is 815 g/mol. The number of amides is 6. The summed E-state index contributed by atoms with van der Waals surface area (Å²) in [6.45, 7) is 10.7. The number of fused-ring (bicyclic) bond motifs is 2. The van der Waals surface area contributed by atoms with E-state index in [-0.39, 0.29) is 41.8 Å². The van der Waals surface area contributed by atoms with E-state index in [1.54, 1.807) is 9.80 Å². The van der Waals surface area contributed by atoms with Crippen LogP contribution in [0, 0.1) is 11.3 Å². The van der Waals surface area contributed by atoms with Crippen LogP contribution in [-0.2, 0) is 33.3 Å². The van der Waals surface area contributed by atoms with E-state index in [1.807, 2.05) is 71.1 Å². The molecule has 16 nitrogen and oxygen atoms in total. The van der Waals surface area contributed by atoms with Crippen molar-refractivity contribution >= 4 is 29.7 Å². The molecule has 8 aliphatic rings. The molecule has 4 aliphatic carbocycles. The summed E-state index contributed by atoms with van der Waals surface area (Å²) in [4.78, 5) is 64.3. The number of urea groups is 2. The summed E-state index contributed by atoms with van der Waals surface area (Å²) >= 11 is 0. The number of nitriles is 1. The average Bonchev–Trinajstić information content (AvgIpc) is 3.61. The Bertz CT molecular complexity index is 2400. The molecule has 6 amide bonds. The van der Waals surface area contributed by atoms with E-state index in [0.717, 1.165) is 41.8 Å². The van der Waals surface area contributed by atoms with Crippen LogP contribution in [0.2, 0.25) is 0 Å². The van der Waals surface area contributed by atoms with Crippen LogP contribution in [0.1, 0.15) is 112 Å². The van der Waals surface area contributed by atoms with Crippen molar-refractivity contribution in [2.24, 2.45) is 10.9 Å². The lowest BCUT2D eigenvalue weighted by molar-refractivity contribution is -0.184. The Balaban J connectivity index is 0.000000162. The standard InChI is InChI=1S/C24H33N5O4.C24H30N4O3/c1-4-28-20(30)23(29(5-2)21(28)31)8-9-24(32)18-13-15-6-7-16(19(25)26-33)12-17(15)22(24,14-23)10-11-27(18)3;1-4-27-20(29)23(28(5-2)21(27)30)8-9-24(31)19-13-17-7-6-16(14-25)12-18(17)22(24,15-23)10-11-26(19)3/h6-7,12,18,32-33H,4-5,8-11,13-14H2,1-3H3,(H2,25,26);6-7,12,19,31H,4-5,8-11,13,15H2,1-3H3/t18-,22-,23+,24-;19-,22-,23+,24-/m11/s1. The van der Waals surface area contributed by atoms with Crippen LogP contribution in [-0.4, -0.2) is 162 Å². The van der Waals surface area contributed by atoms with E-state index in [9.17, 15) is 39.9 Å². The number of likely N-dealkylation sites (N-methyl/N-ethyl adjacent to an activating group) is 6. The third-order valence-corrected chi connectivity index (χ3v) is 17.8. The molecule has 0 aromatic heterocycles. The fraction of sp³-hybridized carbons (Fsp3) is 0.625. The molecule has 16 heteroatoms. The van der Waals surface area contributed by atoms with Crippen molar-refractivity contribution in [2.45, 2.75) is 137 Å². The van der Waals surface area contributed by atoms with E-state index < -0.39 is 33.1 Å². The SMILES string of the molecule is CCN1C(=O)N(CC)[C@]2(CC[C@@]3(O)[C@H]4Cc5ccc(/C(N)=N/O)cc5[C@@]3(CCN4C)C2)C1=O.CCN1C(=O)N(CC)[C@]2(CC[C@@]3(O)[C@H]4Cc5ccc(C#N)cc5[C@@]3(CCN4C)C2)C1=O. The summed E-state index contributed by atoms with van der Waals surface area (Å²) in [5.74, 6) is -0.265. The molecule has 8 atom stereocenters. The summed E-state index contributed by atoms with van der Waals surface area (Å²) in [5, 5.41) is 46.6. The topological polar surface area (TPSA) is 211 Å². The number of nitrogens with two attached hydrogens (primary N) is 1. The number of nitrogens with zero attached hydrogens (tertiary/aromatic N) is 8. The Labute approximate surface area is 375 Å². The van der Waals surface area contributed by atoms with Crippen LogP contribution in [0.3, 0.4) is 0 Å². The van der Waals surface area contributed by atoms with Crippen LogP contribution in [0.5, 0.6) is 0 Å². The van der Waals surface area contributed by atoms with Gasteiger partial charge in [-0.25, -0.2) is 9.59 Å². The molecule has 2 saturated carbocycles. The number of rotatable bonds is 5. The fourth-order valence-corrected chi connectivity index (χ4v) is 14.6. The van der Waals surface area contributed by atoms with Gasteiger partial charge in [-0.1, -0.05) is 23.4 Å². The predicted octanol–water partition coefficient (Wildman–Crippen LogP) is 3.25. The van der Waals surface area contributed by atoms with Crippen LogP contribution in [0.4, 0.5) is 9.59 Å². The molecular formula is C48H63N9O7. The van der Waals surface area contributed by atoms with Gasteiger partial charge in [-0.3, -0.25) is 19.4 Å². The molecule has 2 aromatic carbocycles. The number of imide groups is 2. The normalized spacial score (nSPS) is 36.7. The molecule has 2 aromatic rings. The molecule has 2 spiro atoms. The molecule has 6 fully saturated rings. The maximum atomic E-state index is 13.7. The minimum Gasteiger partial charge on any atom is -0.409 e. The van der Waals surface area contributed by atoms with Gasteiger partial charge in [0.15, 0.2) is 5.84 Å². The number of carbonyl (C=O) groups excluding carboxylic acids is 4. The predicted molar refractivity (Wildman–Crippen MR) is 236 cm³/mol. The second-order valence-electron chi connectivity index (χ2n) is 19.8. The summed E-state index contributed by atoms with van der Waals surface area (Å²) in [6, 6.07) is 13.2. The van der Waals surface area contributed by atoms with Gasteiger partial charge in [-0.05, 0) is 160 Å². The van der Waals surface area contributed by atoms with E-state index in [4.69, 9.17) is 5.73 Å². The highest BCUT2D eigenvalue weighted by atomic mass is 16.4. The van der Waals surface area contributed by atoms with Gasteiger partial charge in [-0.15, -0.1) is 0 Å². The lowest BCUT2D eigenvalue weighted by atomic mass is 9.46. The number of oxime groups is 1. The number of benzene rings is 2. The van der Waals surface area contributed by atoms with Crippen molar-refractivity contribution in [1.82, 2.24) is 29.4 Å². The number of hydrogen-bond donors (Lipinski definition) is 4. The third kappa shape index (κ3) is 5.44. The van der Waals surface area contributed by atoms with Crippen molar-refractivity contribution in [3.63, 3.8) is 0 Å². The Kier molecular flexibility index (Phi) is 10.3. The van der Waals surface area contributed by atoms with Crippen LogP contribution < -0.4 is 5.73 Å². The average molecular weight is 878 g/mol. The highest BCUT2D eigenvalue weighted by Crippen LogP contribution is 2.64. The Morgan fingerprint density at radius 2 is 1.16 bits per heavy atom. The molecule has 10 rings (SSSR count). The van der Waals surface area contributed by atoms with Gasteiger partial charge in [0, 0.05) is 54.7 Å². The smallest absolute Gasteiger partial charge is 0.327 e. The van der Waals surface area contributed by atoms with Crippen LogP contribution in [0.25, 0.3) is 0 Å². The minimum atomic E-state index is -1.04. The first kappa shape index (κ1) is 44.1. The molecule has 0 unspecified atom stereocenters. The van der Waals surface area contributed by atoms with E-state index in [0.29, 0.717) is 95.1 Å². The fourth-order valence-electron chi connectivity index (χ4n) is 14.6. The second kappa shape index (κ2) is 15.0. The number of aliphatic hydroxyl groups is 2. The highest BCUT2D eigenvalue weighted by Gasteiger charge is 2.73. The van der Waals surface area contributed by atoms with Gasteiger partial charge < -0.3 is 40.8 Å². The zero-order valence-corrected chi connectivity index (χ0v) is 38.1. The van der Waals surface area contributed by atoms with Crippen LogP contribution >= 0.6 is 0 Å². The zero-order valence-electron chi connectivity index (χ0n) is 38.1. The summed E-state index contributed by atoms with van der Waals surface area (Å²) in [5.41, 5.74) is 6.01. The minimum absolute atomic E-state index is 0.0118. The molecule has 4 saturated heterocycles. The molecule has 4 bridgehead atoms. The largest absolute Gasteiger partial charge is 0.409 e. The first-order chi connectivity index (χ1) is 30.5. The molecule has 4 aliphatic heterocycles. The highest BCUT2D eigenvalue weighted by molar-refractivity contribution is 6.08. The Morgan fingerprint density at radius 1 is 0.703 bits per heavy atom. The second-order valence-corrected chi connectivity index (χ2v) is 19.8. The molecule has 342 valence electrons. The number of carbonyl (C=O) groups is 4. The van der Waals surface area contributed by atoms with Crippen molar-refractivity contribution in [3.8, 4) is 6.07 Å². The molecule has 64 heavy (non-hydrogen) atoms. The van der Waals surface area contributed by atoms with Gasteiger partial charge in [0.25, 0.3) is 11.8 Å². The van der Waals surface area contributed by atoms with Gasteiger partial charge in [0.2, 0.25) is 0 Å². The number of likely N-dealkylation sites (tertiary alicyclic amines) is 2. The van der Waals surface area contributed by atoms with E-state index >= 15 is 0 Å². The summed E-state index contributed by atoms with van der Waals surface area (Å²) in [7, 11) is 4.11. The summed E-state index contributed by atoms with van der Waals surface area (Å²) < 4.78 is 0. The van der Waals surface area contributed by atoms with E-state index in [2.05, 4.69) is 28.1 Å². The summed E-state index contributed by atoms with van der Waals surface area (Å²) in [6.07, 6.45) is 5.39. The monoisotopic (exact) mass is 877 g/mol. The number of amidine groups is 1. The number of hydrogen-bond acceptors (Lipinski definition) is 11. The molecule has 0 radical (unpaired) electrons. The maximum absolute atomic E-state index is 13.7. The van der Waals surface area contributed by atoms with Gasteiger partial charge in [0.1, 0.15) is 11.1 Å². The van der Waals surface area contributed by atoms with Crippen molar-refractivity contribution in [2.75, 3.05) is 53.4 Å². The van der Waals surface area contributed by atoms with Crippen molar-refractivity contribution in [1.29, 1.82) is 5.26 Å². The van der Waals surface area contributed by atoms with Gasteiger partial charge in [-0.2, -0.15) is 5.26 Å². The molecule has 5 N–H and O–H groups in total. The number of piperidine rings is 2. The Hall–Kier alpha value is -5.08. The van der Waals surface area contributed by atoms with E-state index in [1.165, 1.54) is 9.80 Å². The first-order valence-corrected chi connectivity index (χ1v) is 23.2. The lowest BCUT2D eigenvalue weighted by Crippen LogP contribution is -2.76. The molecule has 4 heterocycles. The third-order valence-electron chi connectivity index (χ3n) is 17.8. The zero-order chi connectivity index (χ0) is 45.9.